The number of benzene rings is 1. The van der Waals surface area contributed by atoms with Crippen molar-refractivity contribution in [1.29, 1.82) is 0 Å². The molecule has 0 aliphatic carbocycles. The molecule has 1 aromatic heterocycles. The van der Waals surface area contributed by atoms with Crippen molar-refractivity contribution in [2.45, 2.75) is 26.1 Å². The third kappa shape index (κ3) is 5.94. The number of aromatic nitrogens is 2. The van der Waals surface area contributed by atoms with Crippen LogP contribution in [0.15, 0.2) is 36.5 Å². The van der Waals surface area contributed by atoms with Crippen molar-refractivity contribution in [3.8, 4) is 5.75 Å². The van der Waals surface area contributed by atoms with Crippen molar-refractivity contribution in [2.24, 2.45) is 0 Å². The van der Waals surface area contributed by atoms with Crippen molar-refractivity contribution in [3.63, 3.8) is 0 Å². The molecule has 8 heteroatoms. The summed E-state index contributed by atoms with van der Waals surface area (Å²) in [4.78, 5) is 12.0. The lowest BCUT2D eigenvalue weighted by Crippen LogP contribution is -2.25. The molecular weight excluding hydrogens is 323 g/mol. The van der Waals surface area contributed by atoms with E-state index in [9.17, 15) is 18.0 Å². The summed E-state index contributed by atoms with van der Waals surface area (Å²) in [6, 6.07) is 7.56. The van der Waals surface area contributed by atoms with Crippen molar-refractivity contribution < 1.29 is 22.7 Å². The highest BCUT2D eigenvalue weighted by Gasteiger charge is 2.28. The van der Waals surface area contributed by atoms with Crippen molar-refractivity contribution >= 4 is 5.91 Å². The Hall–Kier alpha value is -2.51. The maximum atomic E-state index is 12.1. The van der Waals surface area contributed by atoms with E-state index in [1.165, 1.54) is 24.3 Å². The lowest BCUT2D eigenvalue weighted by molar-refractivity contribution is -0.153. The summed E-state index contributed by atoms with van der Waals surface area (Å²) in [7, 11) is 0. The van der Waals surface area contributed by atoms with Crippen LogP contribution in [0, 0.1) is 6.92 Å². The zero-order chi connectivity index (χ0) is 17.6. The first-order valence-electron chi connectivity index (χ1n) is 7.41. The molecule has 130 valence electrons. The van der Waals surface area contributed by atoms with Crippen molar-refractivity contribution in [3.05, 3.63) is 47.8 Å². The van der Waals surface area contributed by atoms with E-state index in [1.807, 2.05) is 19.2 Å². The summed E-state index contributed by atoms with van der Waals surface area (Å²) in [6.45, 7) is 1.61. The molecule has 24 heavy (non-hydrogen) atoms. The van der Waals surface area contributed by atoms with Crippen LogP contribution in [0.4, 0.5) is 13.2 Å². The van der Waals surface area contributed by atoms with Crippen molar-refractivity contribution in [2.75, 3.05) is 13.2 Å². The Bertz CT molecular complexity index is 683. The molecule has 0 spiro atoms. The topological polar surface area (TPSA) is 56.2 Å². The van der Waals surface area contributed by atoms with Gasteiger partial charge in [0.25, 0.3) is 5.91 Å². The molecule has 0 atom stereocenters. The fourth-order valence-electron chi connectivity index (χ4n) is 2.03. The molecule has 0 aliphatic heterocycles. The molecule has 0 bridgehead atoms. The molecule has 0 unspecified atom stereocenters. The van der Waals surface area contributed by atoms with Gasteiger partial charge in [-0.2, -0.15) is 18.3 Å². The molecular formula is C16H18F3N3O2. The predicted octanol–water partition coefficient (Wildman–Crippen LogP) is 2.95. The van der Waals surface area contributed by atoms with E-state index in [4.69, 9.17) is 0 Å². The van der Waals surface area contributed by atoms with E-state index in [1.54, 1.807) is 4.68 Å². The molecule has 2 aromatic rings. The monoisotopic (exact) mass is 341 g/mol. The molecule has 0 aliphatic rings. The predicted molar refractivity (Wildman–Crippen MR) is 81.9 cm³/mol. The van der Waals surface area contributed by atoms with Gasteiger partial charge in [0.15, 0.2) is 6.61 Å². The number of nitrogens with zero attached hydrogens (tertiary/aromatic N) is 2. The van der Waals surface area contributed by atoms with Gasteiger partial charge < -0.3 is 10.1 Å². The number of amides is 1. The molecule has 0 saturated carbocycles. The Balaban J connectivity index is 1.79. The van der Waals surface area contributed by atoms with Gasteiger partial charge in [-0.15, -0.1) is 0 Å². The summed E-state index contributed by atoms with van der Waals surface area (Å²) >= 11 is 0. The normalized spacial score (nSPS) is 11.3. The maximum absolute atomic E-state index is 12.1. The van der Waals surface area contributed by atoms with Crippen LogP contribution in [0.2, 0.25) is 0 Å². The van der Waals surface area contributed by atoms with Crippen LogP contribution in [0.3, 0.4) is 0 Å². The van der Waals surface area contributed by atoms with E-state index in [0.717, 1.165) is 5.69 Å². The average molecular weight is 341 g/mol. The first kappa shape index (κ1) is 17.8. The van der Waals surface area contributed by atoms with Gasteiger partial charge in [-0.3, -0.25) is 9.48 Å². The fourth-order valence-corrected chi connectivity index (χ4v) is 2.03. The molecule has 0 saturated heterocycles. The van der Waals surface area contributed by atoms with E-state index in [-0.39, 0.29) is 17.2 Å². The van der Waals surface area contributed by atoms with E-state index >= 15 is 0 Å². The highest BCUT2D eigenvalue weighted by atomic mass is 19.4. The molecule has 5 nitrogen and oxygen atoms in total. The second-order valence-electron chi connectivity index (χ2n) is 5.26. The molecule has 1 amide bonds. The number of alkyl halides is 3. The number of carbonyl (C=O) groups excluding carboxylic acids is 1. The summed E-state index contributed by atoms with van der Waals surface area (Å²) in [6.07, 6.45) is -1.86. The molecule has 2 rings (SSSR count). The van der Waals surface area contributed by atoms with Crippen molar-refractivity contribution in [1.82, 2.24) is 15.1 Å². The van der Waals surface area contributed by atoms with Gasteiger partial charge in [-0.1, -0.05) is 6.07 Å². The molecule has 1 N–H and O–H groups in total. The Labute approximate surface area is 137 Å². The molecule has 1 heterocycles. The molecule has 0 fully saturated rings. The second-order valence-corrected chi connectivity index (χ2v) is 5.26. The SMILES string of the molecule is Cc1ccn(CCCNC(=O)c2cccc(OCC(F)(F)F)c2)n1. The van der Waals surface area contributed by atoms with Crippen LogP contribution >= 0.6 is 0 Å². The fraction of sp³-hybridized carbons (Fsp3) is 0.375. The summed E-state index contributed by atoms with van der Waals surface area (Å²) < 4.78 is 42.8. The lowest BCUT2D eigenvalue weighted by atomic mass is 10.2. The third-order valence-corrected chi connectivity index (χ3v) is 3.12. The Morgan fingerprint density at radius 3 is 2.79 bits per heavy atom. The minimum Gasteiger partial charge on any atom is -0.484 e. The zero-order valence-electron chi connectivity index (χ0n) is 13.1. The highest BCUT2D eigenvalue weighted by Crippen LogP contribution is 2.19. The minimum atomic E-state index is -4.41. The Morgan fingerprint density at radius 1 is 1.33 bits per heavy atom. The summed E-state index contributed by atoms with van der Waals surface area (Å²) in [5.41, 5.74) is 1.18. The van der Waals surface area contributed by atoms with Crippen LogP contribution in [0.25, 0.3) is 0 Å². The smallest absolute Gasteiger partial charge is 0.422 e. The lowest BCUT2D eigenvalue weighted by Gasteiger charge is -2.10. The second kappa shape index (κ2) is 7.85. The van der Waals surface area contributed by atoms with Crippen LogP contribution in [0.1, 0.15) is 22.5 Å². The zero-order valence-corrected chi connectivity index (χ0v) is 13.1. The first-order valence-corrected chi connectivity index (χ1v) is 7.41. The van der Waals surface area contributed by atoms with Crippen LogP contribution in [-0.4, -0.2) is 35.0 Å². The number of aryl methyl sites for hydroxylation is 2. The third-order valence-electron chi connectivity index (χ3n) is 3.12. The van der Waals surface area contributed by atoms with Gasteiger partial charge in [0.1, 0.15) is 5.75 Å². The number of halogens is 3. The van der Waals surface area contributed by atoms with Crippen LogP contribution in [-0.2, 0) is 6.54 Å². The van der Waals surface area contributed by atoms with Gasteiger partial charge >= 0.3 is 6.18 Å². The Morgan fingerprint density at radius 2 is 2.12 bits per heavy atom. The summed E-state index contributed by atoms with van der Waals surface area (Å²) in [5.74, 6) is -0.351. The molecule has 1 aromatic carbocycles. The number of hydrogen-bond donors (Lipinski definition) is 1. The summed E-state index contributed by atoms with van der Waals surface area (Å²) in [5, 5.41) is 6.95. The Kier molecular flexibility index (Phi) is 5.83. The average Bonchev–Trinajstić information content (AvgIpc) is 2.94. The van der Waals surface area contributed by atoms with Gasteiger partial charge in [-0.25, -0.2) is 0 Å². The van der Waals surface area contributed by atoms with Gasteiger partial charge in [0, 0.05) is 24.8 Å². The minimum absolute atomic E-state index is 0.00647. The first-order chi connectivity index (χ1) is 11.3. The molecule has 0 radical (unpaired) electrons. The highest BCUT2D eigenvalue weighted by molar-refractivity contribution is 5.94. The number of rotatable bonds is 7. The van der Waals surface area contributed by atoms with Gasteiger partial charge in [0.05, 0.1) is 5.69 Å². The number of ether oxygens (including phenoxy) is 1. The van der Waals surface area contributed by atoms with Gasteiger partial charge in [-0.05, 0) is 37.6 Å². The van der Waals surface area contributed by atoms with Crippen LogP contribution in [0.5, 0.6) is 5.75 Å². The maximum Gasteiger partial charge on any atom is 0.422 e. The quantitative estimate of drug-likeness (QED) is 0.788. The largest absolute Gasteiger partial charge is 0.484 e. The number of hydrogen-bond acceptors (Lipinski definition) is 3. The van der Waals surface area contributed by atoms with E-state index in [2.05, 4.69) is 15.2 Å². The van der Waals surface area contributed by atoms with Gasteiger partial charge in [0.2, 0.25) is 0 Å². The van der Waals surface area contributed by atoms with E-state index < -0.39 is 12.8 Å². The van der Waals surface area contributed by atoms with Crippen LogP contribution < -0.4 is 10.1 Å². The van der Waals surface area contributed by atoms with E-state index in [0.29, 0.717) is 19.5 Å². The number of carbonyl (C=O) groups is 1. The number of nitrogens with one attached hydrogen (secondary N) is 1. The standard InChI is InChI=1S/C16H18F3N3O2/c1-12-6-9-22(21-12)8-3-7-20-15(23)13-4-2-5-14(10-13)24-11-16(17,18)19/h2,4-6,9-10H,3,7-8,11H2,1H3,(H,20,23).